The number of rotatable bonds is 14. The zero-order valence-corrected chi connectivity index (χ0v) is 31.7. The minimum Gasteiger partial charge on any atom is -0.341 e. The van der Waals surface area contributed by atoms with Crippen LogP contribution in [-0.2, 0) is 16.7 Å². The fourth-order valence-electron chi connectivity index (χ4n) is 7.15. The number of fused-ring (bicyclic) bond motifs is 3. The van der Waals surface area contributed by atoms with Gasteiger partial charge in [0.2, 0.25) is 11.2 Å². The van der Waals surface area contributed by atoms with Crippen molar-refractivity contribution in [2.24, 2.45) is 0 Å². The molecule has 0 amide bonds. The number of nitrogens with zero attached hydrogens (tertiary/aromatic N) is 2. The van der Waals surface area contributed by atoms with E-state index in [9.17, 15) is 13.0 Å². The first-order chi connectivity index (χ1) is 25.9. The number of allylic oxidation sites excluding steroid dienone is 6. The molecular formula is C46H45N2O3S2+. The average molecular weight is 738 g/mol. The predicted molar refractivity (Wildman–Crippen MR) is 223 cm³/mol. The van der Waals surface area contributed by atoms with E-state index in [4.69, 9.17) is 0 Å². The lowest BCUT2D eigenvalue weighted by Gasteiger charge is -2.30. The number of hydrogen-bond acceptors (Lipinski definition) is 4. The Morgan fingerprint density at radius 2 is 1.49 bits per heavy atom. The number of anilines is 1. The van der Waals surface area contributed by atoms with Crippen LogP contribution in [0.25, 0.3) is 34.2 Å². The molecule has 268 valence electrons. The average Bonchev–Trinajstić information content (AvgIpc) is 3.46. The summed E-state index contributed by atoms with van der Waals surface area (Å²) in [6.07, 6.45) is 17.8. The zero-order chi connectivity index (χ0) is 36.6. The van der Waals surface area contributed by atoms with Crippen LogP contribution in [0.3, 0.4) is 0 Å². The van der Waals surface area contributed by atoms with Crippen LogP contribution >= 0.6 is 11.8 Å². The molecular weight excluding hydrogens is 693 g/mol. The van der Waals surface area contributed by atoms with Crippen LogP contribution in [0.1, 0.15) is 61.4 Å². The van der Waals surface area contributed by atoms with E-state index in [0.717, 1.165) is 35.5 Å². The highest BCUT2D eigenvalue weighted by atomic mass is 32.2. The number of hydrogen-bond donors (Lipinski definition) is 1. The van der Waals surface area contributed by atoms with Gasteiger partial charge in [0.15, 0.2) is 0 Å². The molecule has 2 aliphatic rings. The molecule has 1 aliphatic carbocycles. The SMILES string of the molecule is CCCCC[n+]1c(/C=C/C2=C(Sc3ccccc3)C(=C/C=C3\C=Cc4ccccc4N3CCCCS(=O)(=O)O)/c3ccccc32)ccc2ccccc21. The number of aryl methyl sites for hydroxylation is 1. The molecule has 1 aliphatic heterocycles. The molecule has 2 heterocycles. The lowest BCUT2D eigenvalue weighted by molar-refractivity contribution is -0.673. The number of unbranched alkanes of at least 4 members (excludes halogenated alkanes) is 3. The zero-order valence-electron chi connectivity index (χ0n) is 30.1. The highest BCUT2D eigenvalue weighted by Crippen LogP contribution is 2.49. The largest absolute Gasteiger partial charge is 0.341 e. The molecule has 0 fully saturated rings. The predicted octanol–water partition coefficient (Wildman–Crippen LogP) is 11.0. The van der Waals surface area contributed by atoms with E-state index in [1.54, 1.807) is 11.8 Å². The Kier molecular flexibility index (Phi) is 11.5. The monoisotopic (exact) mass is 737 g/mol. The second-order valence-electron chi connectivity index (χ2n) is 13.4. The summed E-state index contributed by atoms with van der Waals surface area (Å²) < 4.78 is 34.6. The van der Waals surface area contributed by atoms with Gasteiger partial charge in [-0.25, -0.2) is 0 Å². The van der Waals surface area contributed by atoms with Crippen molar-refractivity contribution in [3.63, 3.8) is 0 Å². The van der Waals surface area contributed by atoms with Crippen LogP contribution < -0.4 is 9.47 Å². The second-order valence-corrected chi connectivity index (χ2v) is 16.1. The lowest BCUT2D eigenvalue weighted by Crippen LogP contribution is -2.38. The summed E-state index contributed by atoms with van der Waals surface area (Å²) in [6.45, 7) is 3.85. The maximum Gasteiger partial charge on any atom is 0.264 e. The molecule has 53 heavy (non-hydrogen) atoms. The van der Waals surface area contributed by atoms with Crippen molar-refractivity contribution in [3.05, 3.63) is 173 Å². The first-order valence-electron chi connectivity index (χ1n) is 18.5. The van der Waals surface area contributed by atoms with Crippen LogP contribution in [-0.4, -0.2) is 25.3 Å². The van der Waals surface area contributed by atoms with Gasteiger partial charge in [-0.3, -0.25) is 4.55 Å². The van der Waals surface area contributed by atoms with Gasteiger partial charge in [0.05, 0.1) is 5.75 Å². The minimum atomic E-state index is -4.00. The number of benzene rings is 4. The van der Waals surface area contributed by atoms with Gasteiger partial charge in [-0.2, -0.15) is 13.0 Å². The Labute approximate surface area is 318 Å². The van der Waals surface area contributed by atoms with Gasteiger partial charge in [-0.1, -0.05) is 110 Å². The normalized spacial score (nSPS) is 15.6. The highest BCUT2D eigenvalue weighted by Gasteiger charge is 2.26. The number of pyridine rings is 1. The smallest absolute Gasteiger partial charge is 0.264 e. The first-order valence-corrected chi connectivity index (χ1v) is 20.9. The standard InChI is InChI=1S/C46H44N2O3S2/c1-2-3-13-32-47-37(26-24-35-16-7-11-22-44(35)47)28-30-42-40-20-9-10-21-41(40)43(46(42)52-39-18-5-4-6-19-39)31-29-38-27-25-36-17-8-12-23-45(36)48(38)33-14-15-34-53(49,50)51/h4-12,16-31H,2-3,13-15,32-34H2,1H3/p+1. The Hall–Kier alpha value is -4.95. The van der Waals surface area contributed by atoms with Crippen LogP contribution in [0, 0.1) is 0 Å². The molecule has 0 bridgehead atoms. The molecule has 0 radical (unpaired) electrons. The summed E-state index contributed by atoms with van der Waals surface area (Å²) in [5, 5.41) is 1.25. The van der Waals surface area contributed by atoms with Crippen molar-refractivity contribution in [1.29, 1.82) is 0 Å². The number of thioether (sulfide) groups is 1. The van der Waals surface area contributed by atoms with E-state index >= 15 is 0 Å². The summed E-state index contributed by atoms with van der Waals surface area (Å²) >= 11 is 1.79. The van der Waals surface area contributed by atoms with Crippen molar-refractivity contribution in [2.45, 2.75) is 50.5 Å². The third-order valence-electron chi connectivity index (χ3n) is 9.77. The van der Waals surface area contributed by atoms with Gasteiger partial charge < -0.3 is 4.90 Å². The first kappa shape index (κ1) is 36.4. The van der Waals surface area contributed by atoms with Crippen molar-refractivity contribution in [3.8, 4) is 0 Å². The third-order valence-corrected chi connectivity index (χ3v) is 11.7. The molecule has 0 spiro atoms. The molecule has 5 aromatic rings. The quantitative estimate of drug-likeness (QED) is 0.0698. The lowest BCUT2D eigenvalue weighted by atomic mass is 10.0. The van der Waals surface area contributed by atoms with Gasteiger partial charge >= 0.3 is 0 Å². The van der Waals surface area contributed by atoms with Gasteiger partial charge in [0.1, 0.15) is 6.54 Å². The Morgan fingerprint density at radius 3 is 2.32 bits per heavy atom. The van der Waals surface area contributed by atoms with Crippen LogP contribution in [0.15, 0.2) is 155 Å². The van der Waals surface area contributed by atoms with Crippen LogP contribution in [0.4, 0.5) is 5.69 Å². The van der Waals surface area contributed by atoms with Crippen LogP contribution in [0.5, 0.6) is 0 Å². The molecule has 7 heteroatoms. The minimum absolute atomic E-state index is 0.239. The summed E-state index contributed by atoms with van der Waals surface area (Å²) in [4.78, 5) is 4.62. The van der Waals surface area contributed by atoms with E-state index < -0.39 is 10.1 Å². The van der Waals surface area contributed by atoms with Gasteiger partial charge in [-0.05, 0) is 95.7 Å². The topological polar surface area (TPSA) is 61.5 Å². The molecule has 4 aromatic carbocycles. The third kappa shape index (κ3) is 8.65. The van der Waals surface area contributed by atoms with E-state index in [1.165, 1.54) is 55.9 Å². The maximum absolute atomic E-state index is 11.4. The maximum atomic E-state index is 11.4. The molecule has 1 aromatic heterocycles. The Balaban J connectivity index is 1.31. The summed E-state index contributed by atoms with van der Waals surface area (Å²) in [5.41, 5.74) is 10.4. The van der Waals surface area contributed by atoms with E-state index in [0.29, 0.717) is 19.4 Å². The summed E-state index contributed by atoms with van der Waals surface area (Å²) in [6, 6.07) is 40.6. The number of para-hydroxylation sites is 2. The van der Waals surface area contributed by atoms with Crippen molar-refractivity contribution >= 4 is 61.8 Å². The Bertz CT molecular complexity index is 2370. The molecule has 5 nitrogen and oxygen atoms in total. The fraction of sp³-hybridized carbons (Fsp3) is 0.196. The van der Waals surface area contributed by atoms with E-state index in [1.807, 2.05) is 12.1 Å². The number of aromatic nitrogens is 1. The van der Waals surface area contributed by atoms with Crippen molar-refractivity contribution < 1.29 is 17.5 Å². The van der Waals surface area contributed by atoms with Crippen molar-refractivity contribution in [2.75, 3.05) is 17.2 Å². The van der Waals surface area contributed by atoms with E-state index in [-0.39, 0.29) is 5.75 Å². The van der Waals surface area contributed by atoms with Crippen LogP contribution in [0.2, 0.25) is 0 Å². The molecule has 0 atom stereocenters. The van der Waals surface area contributed by atoms with Crippen molar-refractivity contribution in [1.82, 2.24) is 0 Å². The summed E-state index contributed by atoms with van der Waals surface area (Å²) in [7, 11) is -4.00. The molecule has 0 saturated carbocycles. The van der Waals surface area contributed by atoms with E-state index in [2.05, 4.69) is 156 Å². The second kappa shape index (κ2) is 16.8. The van der Waals surface area contributed by atoms with Gasteiger partial charge in [-0.15, -0.1) is 0 Å². The summed E-state index contributed by atoms with van der Waals surface area (Å²) in [5.74, 6) is -0.239. The molecule has 0 saturated heterocycles. The molecule has 1 N–H and O–H groups in total. The van der Waals surface area contributed by atoms with Gasteiger partial charge in [0, 0.05) is 57.7 Å². The highest BCUT2D eigenvalue weighted by molar-refractivity contribution is 8.04. The van der Waals surface area contributed by atoms with Gasteiger partial charge in [0.25, 0.3) is 10.1 Å². The molecule has 7 rings (SSSR count). The fourth-order valence-corrected chi connectivity index (χ4v) is 8.82. The molecule has 0 unspecified atom stereocenters. The Morgan fingerprint density at radius 1 is 0.736 bits per heavy atom.